The number of hydrogen-bond donors (Lipinski definition) is 8. The lowest BCUT2D eigenvalue weighted by Crippen LogP contribution is -2.59. The highest BCUT2D eigenvalue weighted by Gasteiger charge is 2.30. The van der Waals surface area contributed by atoms with Crippen LogP contribution in [0.2, 0.25) is 0 Å². The number of nitrogens with one attached hydrogen (secondary N) is 3. The van der Waals surface area contributed by atoms with E-state index < -0.39 is 67.0 Å². The van der Waals surface area contributed by atoms with Crippen LogP contribution in [0.4, 0.5) is 0 Å². The van der Waals surface area contributed by atoms with E-state index in [-0.39, 0.29) is 12.8 Å². The molecular formula is C14H24N4O9. The Morgan fingerprint density at radius 3 is 2.00 bits per heavy atom. The van der Waals surface area contributed by atoms with Crippen molar-refractivity contribution in [2.75, 3.05) is 13.2 Å². The minimum absolute atomic E-state index is 0.200. The summed E-state index contributed by atoms with van der Waals surface area (Å²) in [6.07, 6.45) is -1.98. The van der Waals surface area contributed by atoms with E-state index in [1.165, 1.54) is 6.92 Å². The van der Waals surface area contributed by atoms with Crippen molar-refractivity contribution < 1.29 is 44.4 Å². The first-order chi connectivity index (χ1) is 12.5. The van der Waals surface area contributed by atoms with Gasteiger partial charge in [0.15, 0.2) is 0 Å². The monoisotopic (exact) mass is 392 g/mol. The lowest BCUT2D eigenvalue weighted by atomic mass is 10.1. The Morgan fingerprint density at radius 1 is 0.963 bits per heavy atom. The largest absolute Gasteiger partial charge is 0.481 e. The van der Waals surface area contributed by atoms with Crippen LogP contribution < -0.4 is 21.7 Å². The maximum absolute atomic E-state index is 12.1. The molecule has 0 radical (unpaired) electrons. The number of carbonyl (C=O) groups excluding carboxylic acids is 3. The van der Waals surface area contributed by atoms with Gasteiger partial charge in [-0.15, -0.1) is 0 Å². The smallest absolute Gasteiger partial charge is 0.322 e. The molecule has 4 atom stereocenters. The lowest BCUT2D eigenvalue weighted by Gasteiger charge is -2.24. The number of aliphatic hydroxyl groups is 2. The van der Waals surface area contributed by atoms with E-state index in [4.69, 9.17) is 15.9 Å². The van der Waals surface area contributed by atoms with E-state index in [1.807, 2.05) is 5.32 Å². The molecule has 0 saturated heterocycles. The normalized spacial score (nSPS) is 15.0. The molecule has 0 aromatic heterocycles. The Kier molecular flexibility index (Phi) is 10.6. The van der Waals surface area contributed by atoms with Crippen LogP contribution in [-0.4, -0.2) is 87.5 Å². The highest BCUT2D eigenvalue weighted by molar-refractivity contribution is 5.94. The van der Waals surface area contributed by atoms with E-state index in [0.29, 0.717) is 0 Å². The number of hydrogen-bond acceptors (Lipinski definition) is 8. The van der Waals surface area contributed by atoms with Crippen LogP contribution in [0.25, 0.3) is 0 Å². The molecule has 0 aliphatic rings. The van der Waals surface area contributed by atoms with Crippen molar-refractivity contribution in [1.82, 2.24) is 16.0 Å². The van der Waals surface area contributed by atoms with Crippen LogP contribution in [-0.2, 0) is 24.0 Å². The summed E-state index contributed by atoms with van der Waals surface area (Å²) in [5, 5.41) is 42.1. The van der Waals surface area contributed by atoms with Gasteiger partial charge < -0.3 is 42.1 Å². The third-order valence-electron chi connectivity index (χ3n) is 3.30. The maximum Gasteiger partial charge on any atom is 0.322 e. The Balaban J connectivity index is 4.87. The van der Waals surface area contributed by atoms with Crippen molar-refractivity contribution in [3.63, 3.8) is 0 Å². The fourth-order valence-corrected chi connectivity index (χ4v) is 1.81. The van der Waals surface area contributed by atoms with E-state index in [0.717, 1.165) is 0 Å². The van der Waals surface area contributed by atoms with E-state index in [9.17, 15) is 34.2 Å². The predicted molar refractivity (Wildman–Crippen MR) is 88.1 cm³/mol. The summed E-state index contributed by atoms with van der Waals surface area (Å²) in [6.45, 7) is -0.442. The molecule has 154 valence electrons. The number of carboxylic acids is 2. The van der Waals surface area contributed by atoms with Gasteiger partial charge in [0.1, 0.15) is 18.6 Å². The molecule has 0 rings (SSSR count). The first-order valence-electron chi connectivity index (χ1n) is 7.86. The summed E-state index contributed by atoms with van der Waals surface area (Å²) < 4.78 is 0. The number of aliphatic hydroxyl groups excluding tert-OH is 2. The van der Waals surface area contributed by atoms with Gasteiger partial charge in [-0.05, 0) is 13.3 Å². The van der Waals surface area contributed by atoms with Crippen LogP contribution >= 0.6 is 0 Å². The Morgan fingerprint density at radius 2 is 1.56 bits per heavy atom. The van der Waals surface area contributed by atoms with Crippen LogP contribution in [0.3, 0.4) is 0 Å². The number of amides is 3. The van der Waals surface area contributed by atoms with Gasteiger partial charge in [0.05, 0.1) is 18.8 Å². The van der Waals surface area contributed by atoms with Gasteiger partial charge in [-0.25, -0.2) is 0 Å². The molecule has 9 N–H and O–H groups in total. The highest BCUT2D eigenvalue weighted by Crippen LogP contribution is 1.98. The van der Waals surface area contributed by atoms with Gasteiger partial charge in [0.25, 0.3) is 0 Å². The van der Waals surface area contributed by atoms with Crippen LogP contribution in [0, 0.1) is 0 Å². The molecule has 4 unspecified atom stereocenters. The molecule has 0 spiro atoms. The molecule has 0 saturated carbocycles. The predicted octanol–water partition coefficient (Wildman–Crippen LogP) is -4.28. The molecule has 0 fully saturated rings. The van der Waals surface area contributed by atoms with Crippen molar-refractivity contribution in [1.29, 1.82) is 0 Å². The standard InChI is InChI=1S/C14H24N4O9/c1-6(20)11(14(27)16-4-10(23)24)18-13(26)8(5-19)17-12(25)7(15)2-3-9(21)22/h6-8,11,19-20H,2-5,15H2,1H3,(H,16,27)(H,17,25)(H,18,26)(H,21,22)(H,23,24). The average molecular weight is 392 g/mol. The molecule has 0 aliphatic carbocycles. The summed E-state index contributed by atoms with van der Waals surface area (Å²) in [4.78, 5) is 56.7. The quantitative estimate of drug-likeness (QED) is 0.159. The second kappa shape index (κ2) is 11.8. The Labute approximate surface area is 153 Å². The van der Waals surface area contributed by atoms with Crippen molar-refractivity contribution >= 4 is 29.7 Å². The SMILES string of the molecule is CC(O)C(NC(=O)C(CO)NC(=O)C(N)CCC(=O)O)C(=O)NCC(=O)O. The molecular weight excluding hydrogens is 368 g/mol. The minimum atomic E-state index is -1.54. The second-order valence-corrected chi connectivity index (χ2v) is 5.62. The summed E-state index contributed by atoms with van der Waals surface area (Å²) in [5.41, 5.74) is 5.49. The van der Waals surface area contributed by atoms with Gasteiger partial charge in [-0.1, -0.05) is 0 Å². The third kappa shape index (κ3) is 9.48. The van der Waals surface area contributed by atoms with Crippen molar-refractivity contribution in [2.24, 2.45) is 5.73 Å². The zero-order chi connectivity index (χ0) is 21.1. The minimum Gasteiger partial charge on any atom is -0.481 e. The number of carbonyl (C=O) groups is 5. The van der Waals surface area contributed by atoms with Crippen molar-refractivity contribution in [3.05, 3.63) is 0 Å². The molecule has 27 heavy (non-hydrogen) atoms. The van der Waals surface area contributed by atoms with Gasteiger partial charge >= 0.3 is 11.9 Å². The van der Waals surface area contributed by atoms with E-state index >= 15 is 0 Å². The zero-order valence-electron chi connectivity index (χ0n) is 14.5. The topological polar surface area (TPSA) is 228 Å². The number of rotatable bonds is 12. The molecule has 0 heterocycles. The molecule has 13 nitrogen and oxygen atoms in total. The van der Waals surface area contributed by atoms with Crippen LogP contribution in [0.1, 0.15) is 19.8 Å². The fourth-order valence-electron chi connectivity index (χ4n) is 1.81. The Hall–Kier alpha value is -2.77. The van der Waals surface area contributed by atoms with Gasteiger partial charge in [-0.2, -0.15) is 0 Å². The van der Waals surface area contributed by atoms with Crippen molar-refractivity contribution in [2.45, 2.75) is 44.0 Å². The second-order valence-electron chi connectivity index (χ2n) is 5.62. The fraction of sp³-hybridized carbons (Fsp3) is 0.643. The average Bonchev–Trinajstić information content (AvgIpc) is 2.58. The molecule has 0 aromatic rings. The van der Waals surface area contributed by atoms with Gasteiger partial charge in [-0.3, -0.25) is 24.0 Å². The van der Waals surface area contributed by atoms with E-state index in [1.54, 1.807) is 0 Å². The first kappa shape index (κ1) is 24.2. The summed E-state index contributed by atoms with van der Waals surface area (Å²) in [6, 6.07) is -4.31. The molecule has 3 amide bonds. The van der Waals surface area contributed by atoms with Gasteiger partial charge in [0.2, 0.25) is 17.7 Å². The summed E-state index contributed by atoms with van der Waals surface area (Å²) >= 11 is 0. The highest BCUT2D eigenvalue weighted by atomic mass is 16.4. The van der Waals surface area contributed by atoms with Crippen LogP contribution in [0.5, 0.6) is 0 Å². The first-order valence-corrected chi connectivity index (χ1v) is 7.86. The van der Waals surface area contributed by atoms with Gasteiger partial charge in [0, 0.05) is 6.42 Å². The molecule has 13 heteroatoms. The van der Waals surface area contributed by atoms with E-state index in [2.05, 4.69) is 10.6 Å². The Bertz CT molecular complexity index is 567. The lowest BCUT2D eigenvalue weighted by molar-refractivity contribution is -0.140. The summed E-state index contributed by atoms with van der Waals surface area (Å²) in [5.74, 6) is -5.42. The number of carboxylic acid groups (broad SMARTS) is 2. The number of aliphatic carboxylic acids is 2. The van der Waals surface area contributed by atoms with Crippen molar-refractivity contribution in [3.8, 4) is 0 Å². The zero-order valence-corrected chi connectivity index (χ0v) is 14.5. The summed E-state index contributed by atoms with van der Waals surface area (Å²) in [7, 11) is 0. The number of nitrogens with two attached hydrogens (primary N) is 1. The molecule has 0 aromatic carbocycles. The molecule has 0 bridgehead atoms. The van der Waals surface area contributed by atoms with Crippen LogP contribution in [0.15, 0.2) is 0 Å². The maximum atomic E-state index is 12.1. The molecule has 0 aliphatic heterocycles. The third-order valence-corrected chi connectivity index (χ3v) is 3.30.